The molecule has 1 rings (SSSR count). The Labute approximate surface area is 105 Å². The first-order valence-corrected chi connectivity index (χ1v) is 5.43. The van der Waals surface area contributed by atoms with Crippen LogP contribution in [0.15, 0.2) is 40.4 Å². The number of halogens is 4. The highest BCUT2D eigenvalue weighted by Gasteiger charge is 2.32. The molecule has 1 aromatic rings. The van der Waals surface area contributed by atoms with E-state index in [0.717, 1.165) is 11.4 Å². The van der Waals surface area contributed by atoms with Gasteiger partial charge in [0.25, 0.3) is 0 Å². The van der Waals surface area contributed by atoms with Crippen molar-refractivity contribution in [1.29, 1.82) is 0 Å². The molecular weight excluding hydrogens is 297 g/mol. The molecule has 0 fully saturated rings. The molecule has 1 N–H and O–H groups in total. The van der Waals surface area contributed by atoms with Gasteiger partial charge in [0, 0.05) is 10.0 Å². The van der Waals surface area contributed by atoms with E-state index < -0.39 is 11.9 Å². The molecule has 0 atom stereocenters. The van der Waals surface area contributed by atoms with E-state index in [1.807, 2.05) is 0 Å². The molecule has 0 aliphatic carbocycles. The van der Waals surface area contributed by atoms with Crippen molar-refractivity contribution in [3.63, 3.8) is 0 Å². The lowest BCUT2D eigenvalue weighted by molar-refractivity contribution is -0.0595. The summed E-state index contributed by atoms with van der Waals surface area (Å²) in [6, 6.07) is 7.04. The SMILES string of the molecule is C=C(N/N=C(\C)C(F)(F)F)c1ccccc1Br. The minimum absolute atomic E-state index is 0.293. The summed E-state index contributed by atoms with van der Waals surface area (Å²) in [6.07, 6.45) is -4.43. The molecule has 92 valence electrons. The zero-order valence-electron chi connectivity index (χ0n) is 8.98. The molecule has 0 unspecified atom stereocenters. The highest BCUT2D eigenvalue weighted by molar-refractivity contribution is 9.10. The fourth-order valence-corrected chi connectivity index (χ4v) is 1.50. The molecule has 0 spiro atoms. The van der Waals surface area contributed by atoms with Crippen molar-refractivity contribution in [1.82, 2.24) is 5.43 Å². The average Bonchev–Trinajstić information content (AvgIpc) is 2.24. The topological polar surface area (TPSA) is 24.4 Å². The molecule has 2 nitrogen and oxygen atoms in total. The van der Waals surface area contributed by atoms with Crippen LogP contribution in [0.3, 0.4) is 0 Å². The molecule has 0 aliphatic rings. The molecule has 6 heteroatoms. The van der Waals surface area contributed by atoms with E-state index in [4.69, 9.17) is 0 Å². The van der Waals surface area contributed by atoms with Gasteiger partial charge in [-0.25, -0.2) is 0 Å². The number of nitrogens with zero attached hydrogens (tertiary/aromatic N) is 1. The third-order valence-electron chi connectivity index (χ3n) is 1.97. The minimum atomic E-state index is -4.43. The minimum Gasteiger partial charge on any atom is -0.278 e. The molecule has 0 heterocycles. The number of hydrogen-bond donors (Lipinski definition) is 1. The van der Waals surface area contributed by atoms with Gasteiger partial charge in [0.05, 0.1) is 5.70 Å². The summed E-state index contributed by atoms with van der Waals surface area (Å²) in [4.78, 5) is 0. The van der Waals surface area contributed by atoms with Gasteiger partial charge >= 0.3 is 6.18 Å². The molecule has 0 radical (unpaired) electrons. The van der Waals surface area contributed by atoms with E-state index in [1.54, 1.807) is 24.3 Å². The van der Waals surface area contributed by atoms with E-state index in [-0.39, 0.29) is 0 Å². The normalized spacial score (nSPS) is 12.4. The lowest BCUT2D eigenvalue weighted by Crippen LogP contribution is -2.22. The van der Waals surface area contributed by atoms with E-state index in [0.29, 0.717) is 11.3 Å². The van der Waals surface area contributed by atoms with Crippen LogP contribution in [0.4, 0.5) is 13.2 Å². The fraction of sp³-hybridized carbons (Fsp3) is 0.182. The van der Waals surface area contributed by atoms with Gasteiger partial charge in [-0.05, 0) is 13.0 Å². The van der Waals surface area contributed by atoms with Crippen molar-refractivity contribution in [3.05, 3.63) is 40.9 Å². The summed E-state index contributed by atoms with van der Waals surface area (Å²) in [5.41, 5.74) is 2.29. The largest absolute Gasteiger partial charge is 0.430 e. The molecule has 0 bridgehead atoms. The zero-order valence-corrected chi connectivity index (χ0v) is 10.6. The molecule has 0 amide bonds. The van der Waals surface area contributed by atoms with Gasteiger partial charge < -0.3 is 0 Å². The third kappa shape index (κ3) is 3.89. The maximum atomic E-state index is 12.2. The quantitative estimate of drug-likeness (QED) is 0.663. The highest BCUT2D eigenvalue weighted by Crippen LogP contribution is 2.22. The van der Waals surface area contributed by atoms with Gasteiger partial charge in [-0.2, -0.15) is 18.3 Å². The van der Waals surface area contributed by atoms with Crippen molar-refractivity contribution >= 4 is 27.3 Å². The maximum Gasteiger partial charge on any atom is 0.430 e. The number of hydrazone groups is 1. The molecular formula is C11H10BrF3N2. The first-order chi connectivity index (χ1) is 7.82. The number of benzene rings is 1. The summed E-state index contributed by atoms with van der Waals surface area (Å²) in [7, 11) is 0. The smallest absolute Gasteiger partial charge is 0.278 e. The van der Waals surface area contributed by atoms with Gasteiger partial charge in [-0.1, -0.05) is 40.7 Å². The van der Waals surface area contributed by atoms with Gasteiger partial charge in [-0.3, -0.25) is 5.43 Å². The van der Waals surface area contributed by atoms with Crippen LogP contribution in [-0.4, -0.2) is 11.9 Å². The summed E-state index contributed by atoms with van der Waals surface area (Å²) >= 11 is 3.27. The first-order valence-electron chi connectivity index (χ1n) is 4.63. The van der Waals surface area contributed by atoms with Crippen LogP contribution in [-0.2, 0) is 0 Å². The van der Waals surface area contributed by atoms with E-state index >= 15 is 0 Å². The third-order valence-corrected chi connectivity index (χ3v) is 2.66. The Morgan fingerprint density at radius 3 is 2.47 bits per heavy atom. The standard InChI is InChI=1S/C11H10BrF3N2/c1-7(9-5-3-4-6-10(9)12)16-17-8(2)11(13,14)15/h3-6,16H,1H2,2H3/b17-8+. The number of alkyl halides is 3. The van der Waals surface area contributed by atoms with Gasteiger partial charge in [-0.15, -0.1) is 0 Å². The maximum absolute atomic E-state index is 12.2. The molecule has 0 aliphatic heterocycles. The molecule has 0 saturated heterocycles. The van der Waals surface area contributed by atoms with Crippen molar-refractivity contribution in [2.45, 2.75) is 13.1 Å². The lowest BCUT2D eigenvalue weighted by atomic mass is 10.2. The van der Waals surface area contributed by atoms with E-state index in [9.17, 15) is 13.2 Å². The number of rotatable bonds is 3. The Morgan fingerprint density at radius 1 is 1.35 bits per heavy atom. The highest BCUT2D eigenvalue weighted by atomic mass is 79.9. The Balaban J connectivity index is 2.79. The predicted octanol–water partition coefficient (Wildman–Crippen LogP) is 3.95. The van der Waals surface area contributed by atoms with Crippen LogP contribution in [0.5, 0.6) is 0 Å². The van der Waals surface area contributed by atoms with Gasteiger partial charge in [0.1, 0.15) is 5.71 Å². The summed E-state index contributed by atoms with van der Waals surface area (Å²) < 4.78 is 37.2. The first kappa shape index (κ1) is 13.8. The van der Waals surface area contributed by atoms with Crippen LogP contribution >= 0.6 is 15.9 Å². The second-order valence-electron chi connectivity index (χ2n) is 3.27. The summed E-state index contributed by atoms with van der Waals surface area (Å²) in [5, 5.41) is 3.23. The fourth-order valence-electron chi connectivity index (χ4n) is 0.981. The second kappa shape index (κ2) is 5.35. The molecule has 17 heavy (non-hydrogen) atoms. The van der Waals surface area contributed by atoms with Crippen molar-refractivity contribution in [2.75, 3.05) is 0 Å². The van der Waals surface area contributed by atoms with Crippen LogP contribution in [0.2, 0.25) is 0 Å². The van der Waals surface area contributed by atoms with Crippen LogP contribution < -0.4 is 5.43 Å². The van der Waals surface area contributed by atoms with Crippen molar-refractivity contribution in [2.24, 2.45) is 5.10 Å². The molecule has 0 aromatic heterocycles. The zero-order chi connectivity index (χ0) is 13.1. The summed E-state index contributed by atoms with van der Waals surface area (Å²) in [6.45, 7) is 4.51. The van der Waals surface area contributed by atoms with E-state index in [2.05, 4.69) is 33.0 Å². The number of hydrogen-bond acceptors (Lipinski definition) is 2. The second-order valence-corrected chi connectivity index (χ2v) is 4.12. The van der Waals surface area contributed by atoms with Gasteiger partial charge in [0.15, 0.2) is 0 Å². The van der Waals surface area contributed by atoms with Crippen LogP contribution in [0.25, 0.3) is 5.70 Å². The Hall–Kier alpha value is -1.30. The summed E-state index contributed by atoms with van der Waals surface area (Å²) in [5.74, 6) is 0. The lowest BCUT2D eigenvalue weighted by Gasteiger charge is -2.09. The Kier molecular flexibility index (Phi) is 4.34. The Bertz CT molecular complexity index is 452. The van der Waals surface area contributed by atoms with Crippen LogP contribution in [0, 0.1) is 0 Å². The van der Waals surface area contributed by atoms with Crippen molar-refractivity contribution < 1.29 is 13.2 Å². The van der Waals surface area contributed by atoms with Crippen molar-refractivity contribution in [3.8, 4) is 0 Å². The Morgan fingerprint density at radius 2 is 1.94 bits per heavy atom. The van der Waals surface area contributed by atoms with Crippen LogP contribution in [0.1, 0.15) is 12.5 Å². The predicted molar refractivity (Wildman–Crippen MR) is 65.5 cm³/mol. The monoisotopic (exact) mass is 306 g/mol. The van der Waals surface area contributed by atoms with E-state index in [1.165, 1.54) is 0 Å². The molecule has 0 saturated carbocycles. The average molecular weight is 307 g/mol. The van der Waals surface area contributed by atoms with Gasteiger partial charge in [0.2, 0.25) is 0 Å². The number of nitrogens with one attached hydrogen (secondary N) is 1. The molecule has 1 aromatic carbocycles.